The fourth-order valence-corrected chi connectivity index (χ4v) is 1.91. The number of nitrogens with zero attached hydrogens (tertiary/aromatic N) is 2. The molecule has 0 bridgehead atoms. The van der Waals surface area contributed by atoms with Crippen LogP contribution in [0.15, 0.2) is 12.3 Å². The summed E-state index contributed by atoms with van der Waals surface area (Å²) in [4.78, 5) is 0. The van der Waals surface area contributed by atoms with Crippen LogP contribution in [0, 0.1) is 0 Å². The van der Waals surface area contributed by atoms with Crippen molar-refractivity contribution in [3.63, 3.8) is 0 Å². The second-order valence-electron chi connectivity index (χ2n) is 3.23. The zero-order chi connectivity index (χ0) is 10.8. The van der Waals surface area contributed by atoms with Gasteiger partial charge in [0.25, 0.3) is 0 Å². The van der Waals surface area contributed by atoms with Crippen LogP contribution in [0.4, 0.5) is 0 Å². The van der Waals surface area contributed by atoms with Crippen LogP contribution in [0.3, 0.4) is 0 Å². The van der Waals surface area contributed by atoms with E-state index in [2.05, 4.69) is 5.10 Å². The number of hydrogen-bond acceptors (Lipinski definition) is 3. The second kappa shape index (κ2) is 4.31. The lowest BCUT2D eigenvalue weighted by Gasteiger charge is -2.07. The molecule has 6 heteroatoms. The molecule has 0 saturated heterocycles. The zero-order valence-corrected chi connectivity index (χ0v) is 9.72. The summed E-state index contributed by atoms with van der Waals surface area (Å²) in [6.07, 6.45) is 2.72. The molecule has 80 valence electrons. The van der Waals surface area contributed by atoms with Crippen molar-refractivity contribution in [2.75, 3.05) is 0 Å². The molecule has 14 heavy (non-hydrogen) atoms. The minimum atomic E-state index is -3.50. The van der Waals surface area contributed by atoms with Gasteiger partial charge >= 0.3 is 0 Å². The van der Waals surface area contributed by atoms with Crippen molar-refractivity contribution in [1.82, 2.24) is 9.78 Å². The van der Waals surface area contributed by atoms with Gasteiger partial charge in [-0.2, -0.15) is 5.10 Å². The first-order chi connectivity index (χ1) is 6.42. The Bertz CT molecular complexity index is 399. The largest absolute Gasteiger partial charge is 0.270 e. The predicted octanol–water partition coefficient (Wildman–Crippen LogP) is 1.92. The van der Waals surface area contributed by atoms with E-state index >= 15 is 0 Å². The van der Waals surface area contributed by atoms with E-state index in [-0.39, 0.29) is 11.8 Å². The topological polar surface area (TPSA) is 52.0 Å². The quantitative estimate of drug-likeness (QED) is 0.751. The molecule has 0 spiro atoms. The summed E-state index contributed by atoms with van der Waals surface area (Å²) < 4.78 is 23.3. The number of rotatable bonds is 4. The second-order valence-corrected chi connectivity index (χ2v) is 6.00. The molecule has 1 rings (SSSR count). The third kappa shape index (κ3) is 3.31. The highest BCUT2D eigenvalue weighted by Gasteiger charge is 2.11. The highest BCUT2D eigenvalue weighted by molar-refractivity contribution is 8.13. The van der Waals surface area contributed by atoms with Crippen molar-refractivity contribution >= 4 is 19.7 Å². The lowest BCUT2D eigenvalue weighted by Crippen LogP contribution is -2.05. The number of aromatic nitrogens is 2. The normalized spacial score (nSPS) is 14.2. The van der Waals surface area contributed by atoms with Crippen LogP contribution in [-0.2, 0) is 14.8 Å². The fourth-order valence-electron chi connectivity index (χ4n) is 1.06. The van der Waals surface area contributed by atoms with Gasteiger partial charge in [0.05, 0.1) is 5.69 Å². The van der Waals surface area contributed by atoms with Gasteiger partial charge in [-0.05, 0) is 19.4 Å². The Morgan fingerprint density at radius 2 is 2.29 bits per heavy atom. The summed E-state index contributed by atoms with van der Waals surface area (Å²) in [5.41, 5.74) is 0.486. The Hall–Kier alpha value is -0.550. The van der Waals surface area contributed by atoms with E-state index in [1.54, 1.807) is 16.9 Å². The highest BCUT2D eigenvalue weighted by Crippen LogP contribution is 2.12. The van der Waals surface area contributed by atoms with Gasteiger partial charge in [-0.15, -0.1) is 0 Å². The predicted molar refractivity (Wildman–Crippen MR) is 55.7 cm³/mol. The first-order valence-corrected chi connectivity index (χ1v) is 6.86. The Balaban J connectivity index is 2.79. The Morgan fingerprint density at radius 3 is 2.79 bits per heavy atom. The van der Waals surface area contributed by atoms with Crippen molar-refractivity contribution in [3.8, 4) is 0 Å². The van der Waals surface area contributed by atoms with Gasteiger partial charge < -0.3 is 0 Å². The molecule has 0 amide bonds. The maximum Gasteiger partial charge on any atom is 0.238 e. The summed E-state index contributed by atoms with van der Waals surface area (Å²) in [6, 6.07) is 1.95. The minimum Gasteiger partial charge on any atom is -0.270 e. The summed E-state index contributed by atoms with van der Waals surface area (Å²) in [6.45, 7) is 4.07. The summed E-state index contributed by atoms with van der Waals surface area (Å²) >= 11 is 0. The number of hydrogen-bond donors (Lipinski definition) is 0. The van der Waals surface area contributed by atoms with Crippen LogP contribution in [0.5, 0.6) is 0 Å². The van der Waals surface area contributed by atoms with Crippen LogP contribution in [0.25, 0.3) is 0 Å². The molecule has 0 radical (unpaired) electrons. The molecule has 1 heterocycles. The van der Waals surface area contributed by atoms with Crippen molar-refractivity contribution in [2.45, 2.75) is 32.1 Å². The van der Waals surface area contributed by atoms with Gasteiger partial charge in [0.2, 0.25) is 9.05 Å². The molecule has 1 aromatic heterocycles. The molecule has 0 fully saturated rings. The molecule has 0 aromatic carbocycles. The van der Waals surface area contributed by atoms with Crippen LogP contribution < -0.4 is 0 Å². The molecule has 0 saturated carbocycles. The van der Waals surface area contributed by atoms with Crippen molar-refractivity contribution in [3.05, 3.63) is 18.0 Å². The van der Waals surface area contributed by atoms with Gasteiger partial charge in [0, 0.05) is 22.9 Å². The van der Waals surface area contributed by atoms with Crippen LogP contribution in [0.2, 0.25) is 0 Å². The molecular formula is C8H13ClN2O2S. The number of halogens is 1. The smallest absolute Gasteiger partial charge is 0.238 e. The third-order valence-electron chi connectivity index (χ3n) is 2.03. The highest BCUT2D eigenvalue weighted by atomic mass is 35.7. The SMILES string of the molecule is CCC(C)n1ccc(CS(=O)(=O)Cl)n1. The maximum atomic E-state index is 10.8. The molecule has 0 aliphatic heterocycles. The zero-order valence-electron chi connectivity index (χ0n) is 8.14. The van der Waals surface area contributed by atoms with Crippen LogP contribution in [0.1, 0.15) is 32.0 Å². The first kappa shape index (κ1) is 11.5. The summed E-state index contributed by atoms with van der Waals surface area (Å²) in [5, 5.41) is 4.12. The van der Waals surface area contributed by atoms with E-state index in [0.717, 1.165) is 6.42 Å². The van der Waals surface area contributed by atoms with Crippen molar-refractivity contribution < 1.29 is 8.42 Å². The van der Waals surface area contributed by atoms with E-state index in [1.807, 2.05) is 13.8 Å². The lowest BCUT2D eigenvalue weighted by molar-refractivity contribution is 0.475. The summed E-state index contributed by atoms with van der Waals surface area (Å²) in [7, 11) is 1.61. The summed E-state index contributed by atoms with van der Waals surface area (Å²) in [5.74, 6) is -0.210. The van der Waals surface area contributed by atoms with Gasteiger partial charge in [-0.1, -0.05) is 6.92 Å². The molecule has 1 atom stereocenters. The third-order valence-corrected chi connectivity index (χ3v) is 2.99. The molecule has 1 unspecified atom stereocenters. The van der Waals surface area contributed by atoms with E-state index in [9.17, 15) is 8.42 Å². The fraction of sp³-hybridized carbons (Fsp3) is 0.625. The Kier molecular flexibility index (Phi) is 3.55. The molecule has 0 N–H and O–H groups in total. The average Bonchev–Trinajstić information content (AvgIpc) is 2.48. The molecule has 4 nitrogen and oxygen atoms in total. The van der Waals surface area contributed by atoms with Gasteiger partial charge in [-0.25, -0.2) is 8.42 Å². The molecule has 0 aliphatic carbocycles. The van der Waals surface area contributed by atoms with Crippen LogP contribution >= 0.6 is 10.7 Å². The van der Waals surface area contributed by atoms with E-state index < -0.39 is 9.05 Å². The van der Waals surface area contributed by atoms with E-state index in [4.69, 9.17) is 10.7 Å². The van der Waals surface area contributed by atoms with E-state index in [1.165, 1.54) is 0 Å². The standard InChI is InChI=1S/C8H13ClN2O2S/c1-3-7(2)11-5-4-8(10-11)6-14(9,12)13/h4-5,7H,3,6H2,1-2H3. The Morgan fingerprint density at radius 1 is 1.64 bits per heavy atom. The molecular weight excluding hydrogens is 224 g/mol. The minimum absolute atomic E-state index is 0.210. The van der Waals surface area contributed by atoms with Gasteiger partial charge in [0.15, 0.2) is 0 Å². The maximum absolute atomic E-state index is 10.8. The first-order valence-electron chi connectivity index (χ1n) is 4.38. The molecule has 1 aromatic rings. The van der Waals surface area contributed by atoms with Crippen LogP contribution in [-0.4, -0.2) is 18.2 Å². The van der Waals surface area contributed by atoms with E-state index in [0.29, 0.717) is 5.69 Å². The molecule has 0 aliphatic rings. The monoisotopic (exact) mass is 236 g/mol. The van der Waals surface area contributed by atoms with Crippen molar-refractivity contribution in [2.24, 2.45) is 0 Å². The lowest BCUT2D eigenvalue weighted by atomic mass is 10.3. The van der Waals surface area contributed by atoms with Gasteiger partial charge in [-0.3, -0.25) is 4.68 Å². The Labute approximate surface area is 88.3 Å². The average molecular weight is 237 g/mol. The van der Waals surface area contributed by atoms with Crippen molar-refractivity contribution in [1.29, 1.82) is 0 Å². The van der Waals surface area contributed by atoms with Gasteiger partial charge in [0.1, 0.15) is 5.75 Å².